The molecule has 0 aromatic carbocycles. The van der Waals surface area contributed by atoms with E-state index in [1.807, 2.05) is 20.8 Å². The standard InChI is InChI=1S/C23H36O5/c1-20(2)27-12-18(28-20)21(3)8-9-22(4)14(11-21)6-7-15-16(22)10-17(25)19(26)23(15,5)13-24/h10,14-15,18-19,24,26H,6-9,11-13H2,1-5H3/t14-,15-,18?,19+,21-,22-,23-/m0/s1. The summed E-state index contributed by atoms with van der Waals surface area (Å²) in [7, 11) is 0. The summed E-state index contributed by atoms with van der Waals surface area (Å²) >= 11 is 0. The summed E-state index contributed by atoms with van der Waals surface area (Å²) < 4.78 is 12.1. The molecule has 0 aromatic heterocycles. The molecule has 0 spiro atoms. The Hall–Kier alpha value is -0.750. The normalized spacial score (nSPS) is 50.7. The van der Waals surface area contributed by atoms with Crippen molar-refractivity contribution in [2.45, 2.75) is 84.7 Å². The number of fused-ring (bicyclic) bond motifs is 3. The van der Waals surface area contributed by atoms with Gasteiger partial charge in [-0.2, -0.15) is 0 Å². The molecule has 1 unspecified atom stereocenters. The highest BCUT2D eigenvalue weighted by atomic mass is 16.7. The molecule has 2 saturated carbocycles. The number of hydrogen-bond donors (Lipinski definition) is 2. The molecule has 28 heavy (non-hydrogen) atoms. The predicted octanol–water partition coefficient (Wildman–Crippen LogP) is 3.23. The van der Waals surface area contributed by atoms with Crippen molar-refractivity contribution in [2.75, 3.05) is 13.2 Å². The molecule has 7 atom stereocenters. The van der Waals surface area contributed by atoms with Gasteiger partial charge >= 0.3 is 0 Å². The predicted molar refractivity (Wildman–Crippen MR) is 105 cm³/mol. The topological polar surface area (TPSA) is 76.0 Å². The Labute approximate surface area is 168 Å². The van der Waals surface area contributed by atoms with Gasteiger partial charge in [0.05, 0.1) is 19.3 Å². The van der Waals surface area contributed by atoms with Crippen molar-refractivity contribution in [1.29, 1.82) is 0 Å². The van der Waals surface area contributed by atoms with E-state index in [-0.39, 0.29) is 35.2 Å². The first kappa shape index (κ1) is 20.5. The summed E-state index contributed by atoms with van der Waals surface area (Å²) in [5.74, 6) is -0.205. The summed E-state index contributed by atoms with van der Waals surface area (Å²) in [6, 6.07) is 0. The maximum atomic E-state index is 12.6. The smallest absolute Gasteiger partial charge is 0.184 e. The molecule has 0 radical (unpaired) electrons. The van der Waals surface area contributed by atoms with Gasteiger partial charge in [0.2, 0.25) is 0 Å². The molecule has 0 bridgehead atoms. The Morgan fingerprint density at radius 3 is 2.46 bits per heavy atom. The Kier molecular flexibility index (Phi) is 4.67. The van der Waals surface area contributed by atoms with Crippen molar-refractivity contribution < 1.29 is 24.5 Å². The summed E-state index contributed by atoms with van der Waals surface area (Å²) in [5, 5.41) is 20.6. The van der Waals surface area contributed by atoms with Crippen LogP contribution in [0.4, 0.5) is 0 Å². The number of hydrogen-bond acceptors (Lipinski definition) is 5. The van der Waals surface area contributed by atoms with Crippen LogP contribution < -0.4 is 0 Å². The van der Waals surface area contributed by atoms with E-state index >= 15 is 0 Å². The fourth-order valence-electron chi connectivity index (χ4n) is 6.58. The molecule has 0 aromatic rings. The van der Waals surface area contributed by atoms with Crippen molar-refractivity contribution in [2.24, 2.45) is 28.1 Å². The monoisotopic (exact) mass is 392 g/mol. The number of rotatable bonds is 2. The third-order valence-corrected chi connectivity index (χ3v) is 8.78. The van der Waals surface area contributed by atoms with Crippen molar-refractivity contribution in [1.82, 2.24) is 0 Å². The zero-order chi connectivity index (χ0) is 20.5. The van der Waals surface area contributed by atoms with Crippen molar-refractivity contribution in [3.8, 4) is 0 Å². The lowest BCUT2D eigenvalue weighted by molar-refractivity contribution is -0.164. The van der Waals surface area contributed by atoms with Crippen molar-refractivity contribution >= 4 is 5.78 Å². The molecule has 1 heterocycles. The SMILES string of the molecule is CC1(C)OCC([C@@]2(C)CC[C@]3(C)C4=CC(=O)[C@@H](O)[C@@](C)(CO)[C@H]4CC[C@H]3C2)O1. The zero-order valence-electron chi connectivity index (χ0n) is 18.0. The van der Waals surface area contributed by atoms with Crippen LogP contribution in [0, 0.1) is 28.1 Å². The zero-order valence-corrected chi connectivity index (χ0v) is 18.0. The average Bonchev–Trinajstić information content (AvgIpc) is 3.02. The molecule has 5 heteroatoms. The number of carbonyl (C=O) groups is 1. The minimum Gasteiger partial charge on any atom is -0.396 e. The second-order valence-electron chi connectivity index (χ2n) is 11.0. The van der Waals surface area contributed by atoms with Gasteiger partial charge in [-0.3, -0.25) is 4.79 Å². The lowest BCUT2D eigenvalue weighted by atomic mass is 9.46. The molecule has 4 aliphatic rings. The summed E-state index contributed by atoms with van der Waals surface area (Å²) in [5.41, 5.74) is 0.414. The number of carbonyl (C=O) groups excluding carboxylic acids is 1. The van der Waals surface area contributed by atoms with E-state index in [9.17, 15) is 15.0 Å². The van der Waals surface area contributed by atoms with Crippen LogP contribution in [0.3, 0.4) is 0 Å². The van der Waals surface area contributed by atoms with E-state index in [4.69, 9.17) is 9.47 Å². The van der Waals surface area contributed by atoms with Gasteiger partial charge in [-0.25, -0.2) is 0 Å². The highest BCUT2D eigenvalue weighted by Crippen LogP contribution is 2.64. The first-order chi connectivity index (χ1) is 13.0. The third kappa shape index (κ3) is 2.84. The van der Waals surface area contributed by atoms with Crippen molar-refractivity contribution in [3.63, 3.8) is 0 Å². The number of ketones is 1. The molecular formula is C23H36O5. The Bertz CT molecular complexity index is 699. The highest BCUT2D eigenvalue weighted by Gasteiger charge is 2.59. The van der Waals surface area contributed by atoms with E-state index in [0.29, 0.717) is 12.5 Å². The molecule has 1 saturated heterocycles. The number of aliphatic hydroxyl groups excluding tert-OH is 2. The summed E-state index contributed by atoms with van der Waals surface area (Å²) in [6.45, 7) is 10.9. The van der Waals surface area contributed by atoms with E-state index in [1.54, 1.807) is 6.08 Å². The van der Waals surface area contributed by atoms with E-state index in [1.165, 1.54) is 5.57 Å². The van der Waals surface area contributed by atoms with Crippen LogP contribution in [0.2, 0.25) is 0 Å². The maximum absolute atomic E-state index is 12.6. The van der Waals surface area contributed by atoms with Crippen LogP contribution in [0.15, 0.2) is 11.6 Å². The molecule has 0 amide bonds. The van der Waals surface area contributed by atoms with Crippen molar-refractivity contribution in [3.05, 3.63) is 11.6 Å². The van der Waals surface area contributed by atoms with Gasteiger partial charge in [0.15, 0.2) is 11.6 Å². The van der Waals surface area contributed by atoms with E-state index < -0.39 is 17.3 Å². The van der Waals surface area contributed by atoms with Gasteiger partial charge < -0.3 is 19.7 Å². The van der Waals surface area contributed by atoms with Gasteiger partial charge in [0, 0.05) is 5.41 Å². The highest BCUT2D eigenvalue weighted by molar-refractivity contribution is 5.96. The average molecular weight is 393 g/mol. The van der Waals surface area contributed by atoms with Crippen LogP contribution >= 0.6 is 0 Å². The fraction of sp³-hybridized carbons (Fsp3) is 0.870. The summed E-state index contributed by atoms with van der Waals surface area (Å²) in [4.78, 5) is 12.6. The Balaban J connectivity index is 1.62. The largest absolute Gasteiger partial charge is 0.396 e. The molecular weight excluding hydrogens is 356 g/mol. The molecule has 1 aliphatic heterocycles. The molecule has 3 fully saturated rings. The molecule has 2 N–H and O–H groups in total. The molecule has 158 valence electrons. The van der Waals surface area contributed by atoms with Gasteiger partial charge in [0.25, 0.3) is 0 Å². The molecule has 5 nitrogen and oxygen atoms in total. The van der Waals surface area contributed by atoms with E-state index in [0.717, 1.165) is 32.1 Å². The first-order valence-electron chi connectivity index (χ1n) is 10.8. The number of ether oxygens (including phenoxy) is 2. The second kappa shape index (κ2) is 6.37. The first-order valence-corrected chi connectivity index (χ1v) is 10.8. The molecule has 3 aliphatic carbocycles. The van der Waals surface area contributed by atoms with Crippen LogP contribution in [-0.4, -0.2) is 47.2 Å². The Morgan fingerprint density at radius 1 is 1.14 bits per heavy atom. The quantitative estimate of drug-likeness (QED) is 0.755. The van der Waals surface area contributed by atoms with Crippen LogP contribution in [0.5, 0.6) is 0 Å². The Morgan fingerprint density at radius 2 is 1.86 bits per heavy atom. The van der Waals surface area contributed by atoms with Crippen LogP contribution in [0.1, 0.15) is 66.7 Å². The van der Waals surface area contributed by atoms with Gasteiger partial charge in [-0.05, 0) is 74.7 Å². The van der Waals surface area contributed by atoms with Crippen LogP contribution in [-0.2, 0) is 14.3 Å². The van der Waals surface area contributed by atoms with Crippen LogP contribution in [0.25, 0.3) is 0 Å². The van der Waals surface area contributed by atoms with Gasteiger partial charge in [0.1, 0.15) is 6.10 Å². The fourth-order valence-corrected chi connectivity index (χ4v) is 6.58. The van der Waals surface area contributed by atoms with Gasteiger partial charge in [-0.1, -0.05) is 26.3 Å². The third-order valence-electron chi connectivity index (χ3n) is 8.78. The minimum atomic E-state index is -1.11. The maximum Gasteiger partial charge on any atom is 0.184 e. The molecule has 4 rings (SSSR count). The lowest BCUT2D eigenvalue weighted by Gasteiger charge is -2.59. The summed E-state index contributed by atoms with van der Waals surface area (Å²) in [6.07, 6.45) is 5.79. The second-order valence-corrected chi connectivity index (χ2v) is 11.0. The number of aliphatic hydroxyl groups is 2. The van der Waals surface area contributed by atoms with Gasteiger partial charge in [-0.15, -0.1) is 0 Å². The van der Waals surface area contributed by atoms with E-state index in [2.05, 4.69) is 13.8 Å². The lowest BCUT2D eigenvalue weighted by Crippen LogP contribution is -2.57. The minimum absolute atomic E-state index is 0.0519. The number of allylic oxidation sites excluding steroid dienone is 1.